The number of aromatic amines is 2. The summed E-state index contributed by atoms with van der Waals surface area (Å²) in [7, 11) is 0. The first-order chi connectivity index (χ1) is 25.4. The Morgan fingerprint density at radius 2 is 0.944 bits per heavy atom. The van der Waals surface area contributed by atoms with Gasteiger partial charge in [0.2, 0.25) is 0 Å². The summed E-state index contributed by atoms with van der Waals surface area (Å²) in [5.74, 6) is -0.0796. The number of aliphatic hydroxyl groups is 2. The molecule has 0 saturated carbocycles. The molecule has 0 aliphatic carbocycles. The lowest BCUT2D eigenvalue weighted by Crippen LogP contribution is -2.52. The van der Waals surface area contributed by atoms with Crippen LogP contribution in [0, 0.1) is 10.8 Å². The maximum absolute atomic E-state index is 13.1. The Bertz CT molecular complexity index is 1700. The number of amides is 2. The number of ether oxygens (including phenoxy) is 2. The van der Waals surface area contributed by atoms with E-state index in [1.165, 1.54) is 13.8 Å². The number of halogens is 2. The highest BCUT2D eigenvalue weighted by Gasteiger charge is 2.40. The fourth-order valence-electron chi connectivity index (χ4n) is 5.78. The van der Waals surface area contributed by atoms with Gasteiger partial charge in [0.05, 0.1) is 49.9 Å². The SMILES string of the molecule is CC(CO)(OCCF)C(=O)NC(c1nc(-c2ccc(-c3ccc(-c4c[nH]c(C(NC(=O)C(C)(CO)OCCF)C(C)(C)C)n4)cc3)cc2)c[nH]1)C(C)(C)C. The Morgan fingerprint density at radius 1 is 0.630 bits per heavy atom. The van der Waals surface area contributed by atoms with Gasteiger partial charge in [0.25, 0.3) is 11.8 Å². The fraction of sp³-hybridized carbons (Fsp3) is 0.500. The molecule has 2 heterocycles. The molecule has 2 aromatic carbocycles. The number of alkyl halides is 2. The van der Waals surface area contributed by atoms with Crippen molar-refractivity contribution in [2.75, 3.05) is 39.8 Å². The number of benzene rings is 2. The van der Waals surface area contributed by atoms with Crippen LogP contribution in [0.2, 0.25) is 0 Å². The predicted octanol–water partition coefficient (Wildman–Crippen LogP) is 6.01. The molecule has 14 heteroatoms. The highest BCUT2D eigenvalue weighted by Crippen LogP contribution is 2.35. The van der Waals surface area contributed by atoms with Crippen molar-refractivity contribution < 1.29 is 38.1 Å². The van der Waals surface area contributed by atoms with E-state index in [9.17, 15) is 28.6 Å². The zero-order valence-corrected chi connectivity index (χ0v) is 32.3. The molecule has 2 amide bonds. The number of nitrogens with one attached hydrogen (secondary N) is 4. The van der Waals surface area contributed by atoms with Crippen LogP contribution in [-0.4, -0.2) is 92.9 Å². The van der Waals surface area contributed by atoms with Gasteiger partial charge in [0.15, 0.2) is 11.2 Å². The van der Waals surface area contributed by atoms with Crippen LogP contribution in [-0.2, 0) is 19.1 Å². The summed E-state index contributed by atoms with van der Waals surface area (Å²) in [6.45, 7) is 11.2. The Balaban J connectivity index is 1.48. The second-order valence-corrected chi connectivity index (χ2v) is 15.9. The molecule has 4 unspecified atom stereocenters. The first kappa shape index (κ1) is 42.2. The average Bonchev–Trinajstić information content (AvgIpc) is 3.84. The monoisotopic (exact) mass is 752 g/mol. The number of H-pyrrole nitrogens is 2. The van der Waals surface area contributed by atoms with Crippen LogP contribution in [0.15, 0.2) is 60.9 Å². The Morgan fingerprint density at radius 3 is 1.22 bits per heavy atom. The number of aliphatic hydroxyl groups excluding tert-OH is 2. The first-order valence-electron chi connectivity index (χ1n) is 17.9. The summed E-state index contributed by atoms with van der Waals surface area (Å²) in [6.07, 6.45) is 3.54. The van der Waals surface area contributed by atoms with Crippen molar-refractivity contribution in [3.05, 3.63) is 72.6 Å². The molecule has 6 N–H and O–H groups in total. The lowest BCUT2D eigenvalue weighted by Gasteiger charge is -2.34. The van der Waals surface area contributed by atoms with Gasteiger partial charge >= 0.3 is 0 Å². The van der Waals surface area contributed by atoms with Crippen LogP contribution in [0.3, 0.4) is 0 Å². The average molecular weight is 753 g/mol. The second kappa shape index (κ2) is 17.3. The van der Waals surface area contributed by atoms with E-state index in [4.69, 9.17) is 19.4 Å². The summed E-state index contributed by atoms with van der Waals surface area (Å²) >= 11 is 0. The molecular weight excluding hydrogens is 698 g/mol. The van der Waals surface area contributed by atoms with Crippen LogP contribution in [0.1, 0.15) is 79.1 Å². The number of hydrogen-bond acceptors (Lipinski definition) is 8. The summed E-state index contributed by atoms with van der Waals surface area (Å²) in [6, 6.07) is 14.7. The molecule has 4 aromatic rings. The van der Waals surface area contributed by atoms with Crippen molar-refractivity contribution in [1.29, 1.82) is 0 Å². The van der Waals surface area contributed by atoms with Crippen molar-refractivity contribution in [2.45, 2.75) is 78.7 Å². The van der Waals surface area contributed by atoms with E-state index < -0.39 is 72.5 Å². The molecule has 12 nitrogen and oxygen atoms in total. The summed E-state index contributed by atoms with van der Waals surface area (Å²) in [4.78, 5) is 42.3. The number of rotatable bonds is 17. The summed E-state index contributed by atoms with van der Waals surface area (Å²) < 4.78 is 36.2. The topological polar surface area (TPSA) is 174 Å². The molecule has 0 bridgehead atoms. The minimum absolute atomic E-state index is 0.310. The fourth-order valence-corrected chi connectivity index (χ4v) is 5.78. The van der Waals surface area contributed by atoms with Gasteiger partial charge in [-0.05, 0) is 35.8 Å². The molecule has 0 aliphatic rings. The Hall–Kier alpha value is -4.50. The minimum Gasteiger partial charge on any atom is -0.393 e. The quantitative estimate of drug-likeness (QED) is 0.0760. The van der Waals surface area contributed by atoms with Crippen molar-refractivity contribution in [1.82, 2.24) is 30.6 Å². The van der Waals surface area contributed by atoms with Crippen LogP contribution in [0.4, 0.5) is 8.78 Å². The van der Waals surface area contributed by atoms with Gasteiger partial charge < -0.3 is 40.3 Å². The van der Waals surface area contributed by atoms with Crippen molar-refractivity contribution in [2.24, 2.45) is 10.8 Å². The normalized spacial score (nSPS) is 15.6. The largest absolute Gasteiger partial charge is 0.393 e. The minimum atomic E-state index is -1.60. The molecule has 4 atom stereocenters. The molecular formula is C40H54F2N6O6. The van der Waals surface area contributed by atoms with E-state index >= 15 is 0 Å². The van der Waals surface area contributed by atoms with Crippen LogP contribution in [0.5, 0.6) is 0 Å². The van der Waals surface area contributed by atoms with Gasteiger partial charge in [-0.25, -0.2) is 18.7 Å². The third kappa shape index (κ3) is 9.97. The molecule has 0 saturated heterocycles. The molecule has 294 valence electrons. The third-order valence-electron chi connectivity index (χ3n) is 9.28. The zero-order chi connectivity index (χ0) is 39.9. The smallest absolute Gasteiger partial charge is 0.254 e. The number of aromatic nitrogens is 4. The van der Waals surface area contributed by atoms with Gasteiger partial charge in [-0.1, -0.05) is 90.1 Å². The number of nitrogens with zero attached hydrogens (tertiary/aromatic N) is 2. The van der Waals surface area contributed by atoms with Crippen molar-refractivity contribution >= 4 is 11.8 Å². The number of carbonyl (C=O) groups is 2. The van der Waals surface area contributed by atoms with E-state index in [1.807, 2.05) is 90.1 Å². The van der Waals surface area contributed by atoms with Crippen LogP contribution < -0.4 is 10.6 Å². The maximum Gasteiger partial charge on any atom is 0.254 e. The molecule has 0 spiro atoms. The zero-order valence-electron chi connectivity index (χ0n) is 32.3. The molecule has 2 aromatic heterocycles. The summed E-state index contributed by atoms with van der Waals surface area (Å²) in [5, 5.41) is 25.5. The van der Waals surface area contributed by atoms with Gasteiger partial charge in [-0.2, -0.15) is 0 Å². The Labute approximate surface area is 315 Å². The lowest BCUT2D eigenvalue weighted by molar-refractivity contribution is -0.153. The van der Waals surface area contributed by atoms with Crippen molar-refractivity contribution in [3.8, 4) is 33.6 Å². The Kier molecular flexibility index (Phi) is 13.5. The highest BCUT2D eigenvalue weighted by atomic mass is 19.1. The maximum atomic E-state index is 13.1. The standard InChI is InChI=1S/C40H54F2N6O6/c1-37(2,3)31(47-35(51)39(7,23-49)53-19-17-41)33-43-21-29(45-33)27-13-9-25(10-14-27)26-11-15-28(16-12-26)30-22-44-34(46-30)32(38(4,5)6)48-36(52)40(8,24-50)54-20-18-42/h9-16,21-22,31-32,49-50H,17-20,23-24H2,1-8H3,(H,43,45)(H,44,46)(H,47,51)(H,48,52). The third-order valence-corrected chi connectivity index (χ3v) is 9.28. The van der Waals surface area contributed by atoms with E-state index in [0.717, 1.165) is 22.3 Å². The highest BCUT2D eigenvalue weighted by molar-refractivity contribution is 5.86. The molecule has 0 radical (unpaired) electrons. The molecule has 4 rings (SSSR count). The van der Waals surface area contributed by atoms with E-state index in [-0.39, 0.29) is 13.2 Å². The number of carbonyl (C=O) groups excluding carboxylic acids is 2. The van der Waals surface area contributed by atoms with E-state index in [0.29, 0.717) is 23.0 Å². The van der Waals surface area contributed by atoms with Crippen molar-refractivity contribution in [3.63, 3.8) is 0 Å². The van der Waals surface area contributed by atoms with E-state index in [1.54, 1.807) is 12.4 Å². The second-order valence-electron chi connectivity index (χ2n) is 15.9. The number of hydrogen-bond donors (Lipinski definition) is 6. The lowest BCUT2D eigenvalue weighted by atomic mass is 9.85. The van der Waals surface area contributed by atoms with Gasteiger partial charge in [0.1, 0.15) is 25.0 Å². The van der Waals surface area contributed by atoms with Gasteiger partial charge in [-0.3, -0.25) is 9.59 Å². The molecule has 0 aliphatic heterocycles. The number of imidazole rings is 2. The van der Waals surface area contributed by atoms with Gasteiger partial charge in [0, 0.05) is 23.5 Å². The summed E-state index contributed by atoms with van der Waals surface area (Å²) in [5.41, 5.74) is 0.920. The van der Waals surface area contributed by atoms with Crippen LogP contribution in [0.25, 0.3) is 33.6 Å². The molecule has 54 heavy (non-hydrogen) atoms. The van der Waals surface area contributed by atoms with Crippen LogP contribution >= 0.6 is 0 Å². The predicted molar refractivity (Wildman–Crippen MR) is 203 cm³/mol. The first-order valence-corrected chi connectivity index (χ1v) is 17.9. The van der Waals surface area contributed by atoms with E-state index in [2.05, 4.69) is 20.6 Å². The van der Waals surface area contributed by atoms with Gasteiger partial charge in [-0.15, -0.1) is 0 Å². The molecule has 0 fully saturated rings.